The topological polar surface area (TPSA) is 31.4 Å². The van der Waals surface area contributed by atoms with Crippen molar-refractivity contribution in [2.45, 2.75) is 33.4 Å². The van der Waals surface area contributed by atoms with Gasteiger partial charge in [-0.1, -0.05) is 13.8 Å². The second-order valence-corrected chi connectivity index (χ2v) is 6.30. The van der Waals surface area contributed by atoms with E-state index in [9.17, 15) is 0 Å². The van der Waals surface area contributed by atoms with Crippen LogP contribution in [0.15, 0.2) is 18.5 Å². The van der Waals surface area contributed by atoms with Crippen LogP contribution in [-0.2, 0) is 6.54 Å². The van der Waals surface area contributed by atoms with Gasteiger partial charge in [-0.25, -0.2) is 0 Å². The standard InChI is InChI=1S/C16H28N4/c1-13(2)9-18-11-15-10-17-6-5-16(15)20-8-7-19(4)14(3)12-20/h5-6,10,13-14,18H,7-9,11-12H2,1-4H3. The summed E-state index contributed by atoms with van der Waals surface area (Å²) < 4.78 is 0. The normalized spacial score (nSPS) is 20.6. The highest BCUT2D eigenvalue weighted by Gasteiger charge is 2.22. The molecule has 0 radical (unpaired) electrons. The molecule has 1 atom stereocenters. The second kappa shape index (κ2) is 7.04. The molecule has 0 aromatic carbocycles. The molecule has 1 fully saturated rings. The lowest BCUT2D eigenvalue weighted by molar-refractivity contribution is 0.234. The van der Waals surface area contributed by atoms with E-state index in [1.54, 1.807) is 0 Å². The predicted octanol–water partition coefficient (Wildman–Crippen LogP) is 1.97. The number of nitrogens with zero attached hydrogens (tertiary/aromatic N) is 3. The van der Waals surface area contributed by atoms with Gasteiger partial charge in [-0.05, 0) is 32.5 Å². The minimum atomic E-state index is 0.605. The zero-order valence-electron chi connectivity index (χ0n) is 13.3. The van der Waals surface area contributed by atoms with Crippen LogP contribution >= 0.6 is 0 Å². The largest absolute Gasteiger partial charge is 0.368 e. The highest BCUT2D eigenvalue weighted by atomic mass is 15.3. The first-order valence-electron chi connectivity index (χ1n) is 7.66. The van der Waals surface area contributed by atoms with Crippen molar-refractivity contribution in [2.24, 2.45) is 5.92 Å². The number of rotatable bonds is 5. The molecule has 1 aromatic heterocycles. The van der Waals surface area contributed by atoms with Gasteiger partial charge in [0.15, 0.2) is 0 Å². The van der Waals surface area contributed by atoms with Crippen molar-refractivity contribution in [3.8, 4) is 0 Å². The van der Waals surface area contributed by atoms with E-state index >= 15 is 0 Å². The van der Waals surface area contributed by atoms with Gasteiger partial charge in [0.25, 0.3) is 0 Å². The van der Waals surface area contributed by atoms with Gasteiger partial charge in [0.2, 0.25) is 0 Å². The molecule has 2 rings (SSSR count). The fraction of sp³-hybridized carbons (Fsp3) is 0.688. The third-order valence-corrected chi connectivity index (χ3v) is 4.05. The predicted molar refractivity (Wildman–Crippen MR) is 85.1 cm³/mol. The molecular weight excluding hydrogens is 248 g/mol. The van der Waals surface area contributed by atoms with Gasteiger partial charge in [0, 0.05) is 55.9 Å². The summed E-state index contributed by atoms with van der Waals surface area (Å²) in [6.45, 7) is 12.0. The number of likely N-dealkylation sites (N-methyl/N-ethyl adjacent to an activating group) is 1. The second-order valence-electron chi connectivity index (χ2n) is 6.30. The third kappa shape index (κ3) is 3.93. The van der Waals surface area contributed by atoms with Gasteiger partial charge >= 0.3 is 0 Å². The molecule has 1 aliphatic heterocycles. The van der Waals surface area contributed by atoms with E-state index in [0.29, 0.717) is 12.0 Å². The van der Waals surface area contributed by atoms with Gasteiger partial charge in [-0.2, -0.15) is 0 Å². The first kappa shape index (κ1) is 15.3. The van der Waals surface area contributed by atoms with Gasteiger partial charge in [0.1, 0.15) is 0 Å². The van der Waals surface area contributed by atoms with E-state index in [0.717, 1.165) is 32.7 Å². The van der Waals surface area contributed by atoms with E-state index in [1.807, 2.05) is 12.4 Å². The molecule has 1 aliphatic rings. The summed E-state index contributed by atoms with van der Waals surface area (Å²) >= 11 is 0. The minimum Gasteiger partial charge on any atom is -0.368 e. The summed E-state index contributed by atoms with van der Waals surface area (Å²) in [6, 6.07) is 2.76. The van der Waals surface area contributed by atoms with Crippen LogP contribution in [0.5, 0.6) is 0 Å². The SMILES string of the molecule is CC(C)CNCc1cnccc1N1CCN(C)C(C)C1. The number of aromatic nitrogens is 1. The lowest BCUT2D eigenvalue weighted by Gasteiger charge is -2.39. The maximum absolute atomic E-state index is 4.29. The Kier molecular flexibility index (Phi) is 5.38. The average molecular weight is 276 g/mol. The highest BCUT2D eigenvalue weighted by Crippen LogP contribution is 2.22. The molecule has 0 bridgehead atoms. The number of hydrogen-bond acceptors (Lipinski definition) is 4. The first-order valence-corrected chi connectivity index (χ1v) is 7.66. The van der Waals surface area contributed by atoms with Crippen molar-refractivity contribution in [3.05, 3.63) is 24.0 Å². The van der Waals surface area contributed by atoms with Crippen LogP contribution in [-0.4, -0.2) is 49.2 Å². The molecular formula is C16H28N4. The maximum Gasteiger partial charge on any atom is 0.0443 e. The van der Waals surface area contributed by atoms with Crippen molar-refractivity contribution in [2.75, 3.05) is 38.1 Å². The van der Waals surface area contributed by atoms with Crippen molar-refractivity contribution in [1.82, 2.24) is 15.2 Å². The summed E-state index contributed by atoms with van der Waals surface area (Å²) in [5.41, 5.74) is 2.65. The molecule has 1 saturated heterocycles. The van der Waals surface area contributed by atoms with Crippen LogP contribution in [0.2, 0.25) is 0 Å². The van der Waals surface area contributed by atoms with E-state index in [1.165, 1.54) is 11.3 Å². The monoisotopic (exact) mass is 276 g/mol. The summed E-state index contributed by atoms with van der Waals surface area (Å²) in [7, 11) is 2.21. The fourth-order valence-electron chi connectivity index (χ4n) is 2.63. The summed E-state index contributed by atoms with van der Waals surface area (Å²) in [4.78, 5) is 9.22. The molecule has 1 N–H and O–H groups in total. The number of anilines is 1. The van der Waals surface area contributed by atoms with E-state index in [4.69, 9.17) is 0 Å². The van der Waals surface area contributed by atoms with Crippen molar-refractivity contribution >= 4 is 5.69 Å². The smallest absolute Gasteiger partial charge is 0.0443 e. The van der Waals surface area contributed by atoms with E-state index in [2.05, 4.69) is 54.0 Å². The fourth-order valence-corrected chi connectivity index (χ4v) is 2.63. The molecule has 4 heteroatoms. The quantitative estimate of drug-likeness (QED) is 0.891. The van der Waals surface area contributed by atoms with Gasteiger partial charge < -0.3 is 15.1 Å². The Morgan fingerprint density at radius 1 is 1.40 bits per heavy atom. The Bertz CT molecular complexity index is 419. The number of nitrogens with one attached hydrogen (secondary N) is 1. The van der Waals surface area contributed by atoms with Crippen LogP contribution < -0.4 is 10.2 Å². The van der Waals surface area contributed by atoms with Gasteiger partial charge in [-0.3, -0.25) is 4.98 Å². The van der Waals surface area contributed by atoms with Crippen LogP contribution in [0.3, 0.4) is 0 Å². The van der Waals surface area contributed by atoms with E-state index in [-0.39, 0.29) is 0 Å². The molecule has 0 saturated carbocycles. The molecule has 1 aromatic rings. The Morgan fingerprint density at radius 2 is 2.20 bits per heavy atom. The van der Waals surface area contributed by atoms with Gasteiger partial charge in [0.05, 0.1) is 0 Å². The molecule has 0 amide bonds. The first-order chi connectivity index (χ1) is 9.58. The molecule has 112 valence electrons. The minimum absolute atomic E-state index is 0.605. The zero-order chi connectivity index (χ0) is 14.5. The summed E-state index contributed by atoms with van der Waals surface area (Å²) in [6.07, 6.45) is 3.91. The summed E-state index contributed by atoms with van der Waals surface area (Å²) in [5.74, 6) is 0.679. The van der Waals surface area contributed by atoms with E-state index < -0.39 is 0 Å². The van der Waals surface area contributed by atoms with Crippen molar-refractivity contribution < 1.29 is 0 Å². The Balaban J connectivity index is 2.03. The van der Waals surface area contributed by atoms with Crippen LogP contribution in [0, 0.1) is 5.92 Å². The van der Waals surface area contributed by atoms with Crippen molar-refractivity contribution in [3.63, 3.8) is 0 Å². The lowest BCUT2D eigenvalue weighted by atomic mass is 10.1. The zero-order valence-corrected chi connectivity index (χ0v) is 13.3. The average Bonchev–Trinajstić information content (AvgIpc) is 2.42. The number of piperazine rings is 1. The van der Waals surface area contributed by atoms with Crippen LogP contribution in [0.25, 0.3) is 0 Å². The van der Waals surface area contributed by atoms with Crippen LogP contribution in [0.1, 0.15) is 26.3 Å². The molecule has 0 spiro atoms. The van der Waals surface area contributed by atoms with Crippen LogP contribution in [0.4, 0.5) is 5.69 Å². The molecule has 0 aliphatic carbocycles. The number of pyridine rings is 1. The maximum atomic E-state index is 4.29. The highest BCUT2D eigenvalue weighted by molar-refractivity contribution is 5.52. The molecule has 4 nitrogen and oxygen atoms in total. The van der Waals surface area contributed by atoms with Crippen molar-refractivity contribution in [1.29, 1.82) is 0 Å². The molecule has 20 heavy (non-hydrogen) atoms. The molecule has 2 heterocycles. The summed E-state index contributed by atoms with van der Waals surface area (Å²) in [5, 5.41) is 3.52. The van der Waals surface area contributed by atoms with Gasteiger partial charge in [-0.15, -0.1) is 0 Å². The third-order valence-electron chi connectivity index (χ3n) is 4.05. The Morgan fingerprint density at radius 3 is 2.90 bits per heavy atom. The molecule has 1 unspecified atom stereocenters. The Labute approximate surface area is 123 Å². The number of hydrogen-bond donors (Lipinski definition) is 1. The Hall–Kier alpha value is -1.13. The lowest BCUT2D eigenvalue weighted by Crippen LogP contribution is -2.50.